The standard InChI is InChI=1S/C15H15NO/c1-12-6-8-14(9-7-12)16(2)15-5-3-4-13(10-15)11-17/h3-11H,1-2H3. The molecule has 0 N–H and O–H groups in total. The monoisotopic (exact) mass is 225 g/mol. The van der Waals surface area contributed by atoms with Crippen molar-refractivity contribution >= 4 is 17.7 Å². The molecule has 2 aromatic carbocycles. The summed E-state index contributed by atoms with van der Waals surface area (Å²) in [5.74, 6) is 0. The highest BCUT2D eigenvalue weighted by molar-refractivity contribution is 5.78. The molecular weight excluding hydrogens is 210 g/mol. The fourth-order valence-corrected chi connectivity index (χ4v) is 1.72. The van der Waals surface area contributed by atoms with Crippen LogP contribution < -0.4 is 4.90 Å². The molecular formula is C15H15NO. The summed E-state index contributed by atoms with van der Waals surface area (Å²) in [6.45, 7) is 2.07. The van der Waals surface area contributed by atoms with Crippen LogP contribution in [0.25, 0.3) is 0 Å². The van der Waals surface area contributed by atoms with Crippen molar-refractivity contribution in [1.82, 2.24) is 0 Å². The number of aryl methyl sites for hydroxylation is 1. The molecule has 0 saturated carbocycles. The lowest BCUT2D eigenvalue weighted by Gasteiger charge is -2.19. The number of rotatable bonds is 3. The Morgan fingerprint density at radius 2 is 1.71 bits per heavy atom. The van der Waals surface area contributed by atoms with Gasteiger partial charge in [0.1, 0.15) is 6.29 Å². The van der Waals surface area contributed by atoms with E-state index in [4.69, 9.17) is 0 Å². The zero-order valence-corrected chi connectivity index (χ0v) is 10.1. The summed E-state index contributed by atoms with van der Waals surface area (Å²) in [5, 5.41) is 0. The van der Waals surface area contributed by atoms with E-state index in [2.05, 4.69) is 36.1 Å². The smallest absolute Gasteiger partial charge is 0.150 e. The van der Waals surface area contributed by atoms with Gasteiger partial charge in [0.15, 0.2) is 0 Å². The van der Waals surface area contributed by atoms with Crippen molar-refractivity contribution in [3.8, 4) is 0 Å². The molecule has 0 radical (unpaired) electrons. The Morgan fingerprint density at radius 1 is 1.00 bits per heavy atom. The van der Waals surface area contributed by atoms with Crippen LogP contribution in [0.5, 0.6) is 0 Å². The van der Waals surface area contributed by atoms with Gasteiger partial charge in [-0.3, -0.25) is 4.79 Å². The molecule has 0 unspecified atom stereocenters. The molecule has 0 aromatic heterocycles. The average molecular weight is 225 g/mol. The van der Waals surface area contributed by atoms with Crippen LogP contribution in [0.4, 0.5) is 11.4 Å². The molecule has 0 atom stereocenters. The van der Waals surface area contributed by atoms with Crippen LogP contribution in [-0.4, -0.2) is 13.3 Å². The van der Waals surface area contributed by atoms with Crippen molar-refractivity contribution in [1.29, 1.82) is 0 Å². The zero-order valence-electron chi connectivity index (χ0n) is 10.1. The Labute approximate surface area is 102 Å². The molecule has 0 bridgehead atoms. The largest absolute Gasteiger partial charge is 0.345 e. The van der Waals surface area contributed by atoms with Crippen molar-refractivity contribution < 1.29 is 4.79 Å². The third kappa shape index (κ3) is 2.53. The van der Waals surface area contributed by atoms with Crippen molar-refractivity contribution in [3.63, 3.8) is 0 Å². The number of anilines is 2. The van der Waals surface area contributed by atoms with Crippen LogP contribution >= 0.6 is 0 Å². The van der Waals surface area contributed by atoms with E-state index in [1.807, 2.05) is 25.2 Å². The predicted molar refractivity (Wildman–Crippen MR) is 71.1 cm³/mol. The minimum Gasteiger partial charge on any atom is -0.345 e. The lowest BCUT2D eigenvalue weighted by molar-refractivity contribution is 0.112. The number of carbonyl (C=O) groups excluding carboxylic acids is 1. The number of nitrogens with zero attached hydrogens (tertiary/aromatic N) is 1. The lowest BCUT2D eigenvalue weighted by Crippen LogP contribution is -2.09. The highest BCUT2D eigenvalue weighted by atomic mass is 16.1. The molecule has 17 heavy (non-hydrogen) atoms. The lowest BCUT2D eigenvalue weighted by atomic mass is 10.1. The van der Waals surface area contributed by atoms with E-state index in [9.17, 15) is 4.79 Å². The molecule has 0 amide bonds. The summed E-state index contributed by atoms with van der Waals surface area (Å²) < 4.78 is 0. The van der Waals surface area contributed by atoms with Gasteiger partial charge in [0, 0.05) is 24.0 Å². The third-order valence-corrected chi connectivity index (χ3v) is 2.81. The van der Waals surface area contributed by atoms with E-state index >= 15 is 0 Å². The van der Waals surface area contributed by atoms with Crippen LogP contribution in [0.15, 0.2) is 48.5 Å². The Bertz CT molecular complexity index is 517. The summed E-state index contributed by atoms with van der Waals surface area (Å²) in [7, 11) is 1.99. The number of benzene rings is 2. The maximum atomic E-state index is 10.7. The van der Waals surface area contributed by atoms with Gasteiger partial charge in [0.05, 0.1) is 0 Å². The van der Waals surface area contributed by atoms with Gasteiger partial charge in [0.2, 0.25) is 0 Å². The molecule has 0 aliphatic rings. The van der Waals surface area contributed by atoms with E-state index in [0.717, 1.165) is 17.7 Å². The molecule has 0 aliphatic heterocycles. The maximum Gasteiger partial charge on any atom is 0.150 e. The quantitative estimate of drug-likeness (QED) is 0.744. The van der Waals surface area contributed by atoms with E-state index in [1.54, 1.807) is 6.07 Å². The minimum absolute atomic E-state index is 0.696. The van der Waals surface area contributed by atoms with Gasteiger partial charge in [-0.15, -0.1) is 0 Å². The Balaban J connectivity index is 2.32. The number of hydrogen-bond acceptors (Lipinski definition) is 2. The van der Waals surface area contributed by atoms with Crippen LogP contribution in [0.1, 0.15) is 15.9 Å². The molecule has 2 heteroatoms. The first kappa shape index (κ1) is 11.4. The topological polar surface area (TPSA) is 20.3 Å². The zero-order chi connectivity index (χ0) is 12.3. The van der Waals surface area contributed by atoms with Crippen molar-refractivity contribution in [2.24, 2.45) is 0 Å². The van der Waals surface area contributed by atoms with Gasteiger partial charge >= 0.3 is 0 Å². The van der Waals surface area contributed by atoms with Crippen LogP contribution in [-0.2, 0) is 0 Å². The maximum absolute atomic E-state index is 10.7. The molecule has 0 spiro atoms. The van der Waals surface area contributed by atoms with E-state index < -0.39 is 0 Å². The minimum atomic E-state index is 0.696. The summed E-state index contributed by atoms with van der Waals surface area (Å²) in [4.78, 5) is 12.8. The molecule has 0 heterocycles. The molecule has 0 aliphatic carbocycles. The van der Waals surface area contributed by atoms with E-state index in [0.29, 0.717) is 5.56 Å². The highest BCUT2D eigenvalue weighted by Gasteiger charge is 2.03. The van der Waals surface area contributed by atoms with Gasteiger partial charge in [-0.1, -0.05) is 29.8 Å². The number of aldehydes is 1. The fraction of sp³-hybridized carbons (Fsp3) is 0.133. The second kappa shape index (κ2) is 4.83. The van der Waals surface area contributed by atoms with Crippen molar-refractivity contribution in [3.05, 3.63) is 59.7 Å². The predicted octanol–water partition coefficient (Wildman–Crippen LogP) is 3.58. The molecule has 86 valence electrons. The first-order valence-corrected chi connectivity index (χ1v) is 5.56. The third-order valence-electron chi connectivity index (χ3n) is 2.81. The number of hydrogen-bond donors (Lipinski definition) is 0. The molecule has 2 rings (SSSR count). The van der Waals surface area contributed by atoms with Gasteiger partial charge in [-0.25, -0.2) is 0 Å². The Morgan fingerprint density at radius 3 is 2.35 bits per heavy atom. The second-order valence-electron chi connectivity index (χ2n) is 4.11. The second-order valence-corrected chi connectivity index (χ2v) is 4.11. The Hall–Kier alpha value is -2.09. The Kier molecular flexibility index (Phi) is 3.24. The highest BCUT2D eigenvalue weighted by Crippen LogP contribution is 2.23. The van der Waals surface area contributed by atoms with E-state index in [-0.39, 0.29) is 0 Å². The first-order valence-electron chi connectivity index (χ1n) is 5.56. The average Bonchev–Trinajstić information content (AvgIpc) is 2.39. The SMILES string of the molecule is Cc1ccc(N(C)c2cccc(C=O)c2)cc1. The van der Waals surface area contributed by atoms with Gasteiger partial charge in [0.25, 0.3) is 0 Å². The molecule has 2 nitrogen and oxygen atoms in total. The van der Waals surface area contributed by atoms with Crippen molar-refractivity contribution in [2.45, 2.75) is 6.92 Å². The summed E-state index contributed by atoms with van der Waals surface area (Å²) in [6.07, 6.45) is 0.868. The summed E-state index contributed by atoms with van der Waals surface area (Å²) in [6, 6.07) is 15.9. The molecule has 0 saturated heterocycles. The van der Waals surface area contributed by atoms with Crippen LogP contribution in [0, 0.1) is 6.92 Å². The summed E-state index contributed by atoms with van der Waals surface area (Å²) in [5.41, 5.74) is 4.06. The van der Waals surface area contributed by atoms with Gasteiger partial charge < -0.3 is 4.90 Å². The first-order chi connectivity index (χ1) is 8.20. The summed E-state index contributed by atoms with van der Waals surface area (Å²) >= 11 is 0. The van der Waals surface area contributed by atoms with Crippen molar-refractivity contribution in [2.75, 3.05) is 11.9 Å². The molecule has 0 fully saturated rings. The normalized spacial score (nSPS) is 10.0. The van der Waals surface area contributed by atoms with Gasteiger partial charge in [-0.2, -0.15) is 0 Å². The van der Waals surface area contributed by atoms with E-state index in [1.165, 1.54) is 5.56 Å². The van der Waals surface area contributed by atoms with Crippen LogP contribution in [0.3, 0.4) is 0 Å². The molecule has 2 aromatic rings. The van der Waals surface area contributed by atoms with Gasteiger partial charge in [-0.05, 0) is 31.2 Å². The number of carbonyl (C=O) groups is 1. The fourth-order valence-electron chi connectivity index (χ4n) is 1.72. The van der Waals surface area contributed by atoms with Crippen LogP contribution in [0.2, 0.25) is 0 Å².